The van der Waals surface area contributed by atoms with Crippen molar-refractivity contribution in [2.24, 2.45) is 5.92 Å². The molecule has 2 bridgehead atoms. The molecule has 3 unspecified atom stereocenters. The Balaban J connectivity index is 1.87. The SMILES string of the molecule is CN1C2CCC1CC(C(C(=O)[O-])c1cccc(F)c1)C2. The summed E-state index contributed by atoms with van der Waals surface area (Å²) in [5.41, 5.74) is 0.541. The number of carbonyl (C=O) groups is 1. The third kappa shape index (κ3) is 2.33. The molecule has 2 aliphatic heterocycles. The topological polar surface area (TPSA) is 43.4 Å². The summed E-state index contributed by atoms with van der Waals surface area (Å²) in [6.07, 6.45) is 4.01. The third-order valence-electron chi connectivity index (χ3n) is 5.07. The van der Waals surface area contributed by atoms with Crippen LogP contribution >= 0.6 is 0 Å². The number of fused-ring (bicyclic) bond motifs is 2. The monoisotopic (exact) mass is 276 g/mol. The second-order valence-electron chi connectivity index (χ2n) is 6.13. The maximum Gasteiger partial charge on any atom is 0.123 e. The third-order valence-corrected chi connectivity index (χ3v) is 5.07. The van der Waals surface area contributed by atoms with Crippen LogP contribution in [0.25, 0.3) is 0 Å². The van der Waals surface area contributed by atoms with Crippen LogP contribution in [-0.2, 0) is 4.79 Å². The zero-order chi connectivity index (χ0) is 14.3. The van der Waals surface area contributed by atoms with E-state index in [4.69, 9.17) is 0 Å². The zero-order valence-electron chi connectivity index (χ0n) is 11.6. The van der Waals surface area contributed by atoms with Gasteiger partial charge in [0.2, 0.25) is 0 Å². The van der Waals surface area contributed by atoms with E-state index < -0.39 is 11.9 Å². The van der Waals surface area contributed by atoms with E-state index in [-0.39, 0.29) is 11.7 Å². The van der Waals surface area contributed by atoms with Crippen LogP contribution in [0.1, 0.15) is 37.2 Å². The van der Waals surface area contributed by atoms with Gasteiger partial charge in [-0.05, 0) is 56.3 Å². The van der Waals surface area contributed by atoms with E-state index in [9.17, 15) is 14.3 Å². The van der Waals surface area contributed by atoms with Crippen LogP contribution in [0.2, 0.25) is 0 Å². The lowest BCUT2D eigenvalue weighted by Crippen LogP contribution is -2.44. The van der Waals surface area contributed by atoms with E-state index in [1.165, 1.54) is 12.1 Å². The molecule has 0 aliphatic carbocycles. The Morgan fingerprint density at radius 3 is 2.55 bits per heavy atom. The second kappa shape index (κ2) is 5.17. The highest BCUT2D eigenvalue weighted by molar-refractivity contribution is 5.74. The van der Waals surface area contributed by atoms with Gasteiger partial charge in [0.25, 0.3) is 0 Å². The van der Waals surface area contributed by atoms with Crippen molar-refractivity contribution >= 4 is 5.97 Å². The summed E-state index contributed by atoms with van der Waals surface area (Å²) in [6, 6.07) is 6.88. The Bertz CT molecular complexity index is 505. The fourth-order valence-corrected chi connectivity index (χ4v) is 4.03. The summed E-state index contributed by atoms with van der Waals surface area (Å²) < 4.78 is 13.4. The van der Waals surface area contributed by atoms with Gasteiger partial charge in [-0.3, -0.25) is 0 Å². The Kier molecular flexibility index (Phi) is 3.50. The molecule has 3 atom stereocenters. The number of rotatable bonds is 3. The molecule has 2 fully saturated rings. The molecule has 4 heteroatoms. The largest absolute Gasteiger partial charge is 0.549 e. The summed E-state index contributed by atoms with van der Waals surface area (Å²) in [5, 5.41) is 11.6. The number of nitrogens with zero attached hydrogens (tertiary/aromatic N) is 1. The molecule has 3 rings (SSSR count). The molecular formula is C16H19FNO2-. The minimum Gasteiger partial charge on any atom is -0.549 e. The van der Waals surface area contributed by atoms with Gasteiger partial charge < -0.3 is 14.8 Å². The first-order valence-electron chi connectivity index (χ1n) is 7.24. The molecule has 1 aromatic rings. The highest BCUT2D eigenvalue weighted by atomic mass is 19.1. The molecule has 0 radical (unpaired) electrons. The summed E-state index contributed by atoms with van der Waals surface area (Å²) in [4.78, 5) is 13.9. The number of hydrogen-bond donors (Lipinski definition) is 0. The quantitative estimate of drug-likeness (QED) is 0.841. The molecule has 2 aliphatic rings. The number of carboxylic acid groups (broad SMARTS) is 1. The van der Waals surface area contributed by atoms with Crippen molar-refractivity contribution in [1.29, 1.82) is 0 Å². The molecule has 0 aromatic heterocycles. The lowest BCUT2D eigenvalue weighted by atomic mass is 9.77. The van der Waals surface area contributed by atoms with Crippen molar-refractivity contribution in [3.05, 3.63) is 35.6 Å². The molecule has 20 heavy (non-hydrogen) atoms. The number of carboxylic acids is 1. The van der Waals surface area contributed by atoms with Gasteiger partial charge in [-0.1, -0.05) is 12.1 Å². The number of hydrogen-bond acceptors (Lipinski definition) is 3. The van der Waals surface area contributed by atoms with Crippen LogP contribution < -0.4 is 5.11 Å². The first-order valence-corrected chi connectivity index (χ1v) is 7.24. The maximum atomic E-state index is 13.4. The van der Waals surface area contributed by atoms with Crippen LogP contribution in [-0.4, -0.2) is 30.0 Å². The van der Waals surface area contributed by atoms with Gasteiger partial charge in [0.15, 0.2) is 0 Å². The molecule has 1 aromatic carbocycles. The van der Waals surface area contributed by atoms with Gasteiger partial charge in [-0.25, -0.2) is 4.39 Å². The number of carbonyl (C=O) groups excluding carboxylic acids is 1. The van der Waals surface area contributed by atoms with Gasteiger partial charge in [0, 0.05) is 24.0 Å². The second-order valence-corrected chi connectivity index (χ2v) is 6.13. The minimum absolute atomic E-state index is 0.0514. The first-order chi connectivity index (χ1) is 9.56. The molecule has 0 N–H and O–H groups in total. The Morgan fingerprint density at radius 2 is 2.00 bits per heavy atom. The van der Waals surface area contributed by atoms with Crippen molar-refractivity contribution in [3.8, 4) is 0 Å². The lowest BCUT2D eigenvalue weighted by Gasteiger charge is -2.40. The van der Waals surface area contributed by atoms with E-state index in [0.29, 0.717) is 17.6 Å². The molecular weight excluding hydrogens is 257 g/mol. The highest BCUT2D eigenvalue weighted by Gasteiger charge is 2.41. The van der Waals surface area contributed by atoms with E-state index in [0.717, 1.165) is 25.7 Å². The van der Waals surface area contributed by atoms with Gasteiger partial charge in [-0.2, -0.15) is 0 Å². The van der Waals surface area contributed by atoms with Crippen LogP contribution in [0.4, 0.5) is 4.39 Å². The van der Waals surface area contributed by atoms with Crippen LogP contribution in [0.5, 0.6) is 0 Å². The zero-order valence-corrected chi connectivity index (χ0v) is 11.6. The Labute approximate surface area is 118 Å². The van der Waals surface area contributed by atoms with Gasteiger partial charge in [0.1, 0.15) is 5.82 Å². The Morgan fingerprint density at radius 1 is 1.35 bits per heavy atom. The van der Waals surface area contributed by atoms with Crippen molar-refractivity contribution in [1.82, 2.24) is 4.90 Å². The van der Waals surface area contributed by atoms with E-state index in [2.05, 4.69) is 11.9 Å². The van der Waals surface area contributed by atoms with Crippen LogP contribution in [0.3, 0.4) is 0 Å². The predicted octanol–water partition coefficient (Wildman–Crippen LogP) is 1.53. The molecule has 0 spiro atoms. The normalized spacial score (nSPS) is 31.2. The smallest absolute Gasteiger partial charge is 0.123 e. The molecule has 2 saturated heterocycles. The number of benzene rings is 1. The van der Waals surface area contributed by atoms with Gasteiger partial charge in [0.05, 0.1) is 0 Å². The average molecular weight is 276 g/mol. The fourth-order valence-electron chi connectivity index (χ4n) is 4.03. The van der Waals surface area contributed by atoms with Crippen molar-refractivity contribution in [2.45, 2.75) is 43.7 Å². The molecule has 108 valence electrons. The first kappa shape index (κ1) is 13.6. The van der Waals surface area contributed by atoms with E-state index in [1.54, 1.807) is 12.1 Å². The van der Waals surface area contributed by atoms with Crippen LogP contribution in [0.15, 0.2) is 24.3 Å². The summed E-state index contributed by atoms with van der Waals surface area (Å²) in [7, 11) is 2.12. The Hall–Kier alpha value is -1.42. The minimum atomic E-state index is -1.08. The van der Waals surface area contributed by atoms with Gasteiger partial charge >= 0.3 is 0 Å². The van der Waals surface area contributed by atoms with Crippen molar-refractivity contribution < 1.29 is 14.3 Å². The summed E-state index contributed by atoms with van der Waals surface area (Å²) >= 11 is 0. The lowest BCUT2D eigenvalue weighted by molar-refractivity contribution is -0.309. The predicted molar refractivity (Wildman–Crippen MR) is 71.4 cm³/mol. The molecule has 0 amide bonds. The number of halogens is 1. The summed E-state index contributed by atoms with van der Waals surface area (Å²) in [5.74, 6) is -2.10. The van der Waals surface area contributed by atoms with Crippen molar-refractivity contribution in [3.63, 3.8) is 0 Å². The molecule has 3 nitrogen and oxygen atoms in total. The fraction of sp³-hybridized carbons (Fsp3) is 0.562. The van der Waals surface area contributed by atoms with Crippen LogP contribution in [0, 0.1) is 11.7 Å². The molecule has 2 heterocycles. The highest BCUT2D eigenvalue weighted by Crippen LogP contribution is 2.43. The summed E-state index contributed by atoms with van der Waals surface area (Å²) in [6.45, 7) is 0. The van der Waals surface area contributed by atoms with E-state index >= 15 is 0 Å². The standard InChI is InChI=1S/C16H20FNO2/c1-18-13-5-6-14(18)9-11(8-13)15(16(19)20)10-3-2-4-12(17)7-10/h2-4,7,11,13-15H,5-6,8-9H2,1H3,(H,19,20)/p-1. The average Bonchev–Trinajstić information content (AvgIpc) is 2.62. The number of piperidine rings is 1. The maximum absolute atomic E-state index is 13.4. The van der Waals surface area contributed by atoms with Crippen molar-refractivity contribution in [2.75, 3.05) is 7.05 Å². The molecule has 0 saturated carbocycles. The van der Waals surface area contributed by atoms with Gasteiger partial charge in [-0.15, -0.1) is 0 Å². The van der Waals surface area contributed by atoms with E-state index in [1.807, 2.05) is 0 Å². The number of aliphatic carboxylic acids is 1.